The third kappa shape index (κ3) is 4.74. The molecule has 1 rings (SSSR count). The van der Waals surface area contributed by atoms with Crippen LogP contribution in [-0.2, 0) is 4.79 Å². The molecule has 0 aliphatic rings. The van der Waals surface area contributed by atoms with Crippen molar-refractivity contribution in [2.45, 2.75) is 17.7 Å². The fourth-order valence-electron chi connectivity index (χ4n) is 1.09. The summed E-state index contributed by atoms with van der Waals surface area (Å²) in [5, 5.41) is 8.45. The van der Waals surface area contributed by atoms with Gasteiger partial charge in [0.25, 0.3) is 0 Å². The first-order valence-corrected chi connectivity index (χ1v) is 5.69. The minimum absolute atomic E-state index is 0.239. The SMILES string of the molecule is COc1ccc(SCCCC(=O)O)cc1. The summed E-state index contributed by atoms with van der Waals surface area (Å²) in [6.45, 7) is 0. The van der Waals surface area contributed by atoms with E-state index in [1.54, 1.807) is 18.9 Å². The molecule has 1 aromatic carbocycles. The molecule has 15 heavy (non-hydrogen) atoms. The number of carbonyl (C=O) groups is 1. The average molecular weight is 226 g/mol. The first-order valence-electron chi connectivity index (χ1n) is 4.71. The van der Waals surface area contributed by atoms with Gasteiger partial charge in [0.1, 0.15) is 5.75 Å². The van der Waals surface area contributed by atoms with Crippen molar-refractivity contribution in [2.75, 3.05) is 12.9 Å². The number of hydrogen-bond acceptors (Lipinski definition) is 3. The zero-order chi connectivity index (χ0) is 11.1. The van der Waals surface area contributed by atoms with Crippen LogP contribution in [0.1, 0.15) is 12.8 Å². The van der Waals surface area contributed by atoms with Gasteiger partial charge in [-0.05, 0) is 36.4 Å². The third-order valence-electron chi connectivity index (χ3n) is 1.86. The maximum absolute atomic E-state index is 10.3. The molecule has 1 aromatic rings. The summed E-state index contributed by atoms with van der Waals surface area (Å²) in [6, 6.07) is 7.76. The largest absolute Gasteiger partial charge is 0.497 e. The summed E-state index contributed by atoms with van der Waals surface area (Å²) in [4.78, 5) is 11.4. The summed E-state index contributed by atoms with van der Waals surface area (Å²) in [7, 11) is 1.63. The first-order chi connectivity index (χ1) is 7.22. The van der Waals surface area contributed by atoms with Crippen LogP contribution in [0.4, 0.5) is 0 Å². The lowest BCUT2D eigenvalue weighted by molar-refractivity contribution is -0.137. The number of hydrogen-bond donors (Lipinski definition) is 1. The predicted molar refractivity (Wildman–Crippen MR) is 60.6 cm³/mol. The van der Waals surface area contributed by atoms with E-state index in [0.29, 0.717) is 6.42 Å². The molecule has 0 fully saturated rings. The number of methoxy groups -OCH3 is 1. The zero-order valence-corrected chi connectivity index (χ0v) is 9.42. The van der Waals surface area contributed by atoms with Gasteiger partial charge in [0.15, 0.2) is 0 Å². The number of aliphatic carboxylic acids is 1. The normalized spacial score (nSPS) is 9.93. The Bertz CT molecular complexity index is 308. The van der Waals surface area contributed by atoms with Gasteiger partial charge in [-0.3, -0.25) is 4.79 Å². The Morgan fingerprint density at radius 1 is 1.40 bits per heavy atom. The highest BCUT2D eigenvalue weighted by Crippen LogP contribution is 2.22. The van der Waals surface area contributed by atoms with Gasteiger partial charge < -0.3 is 9.84 Å². The topological polar surface area (TPSA) is 46.5 Å². The molecule has 0 aliphatic heterocycles. The van der Waals surface area contributed by atoms with Crippen LogP contribution in [0, 0.1) is 0 Å². The Hall–Kier alpha value is -1.16. The van der Waals surface area contributed by atoms with E-state index in [9.17, 15) is 4.79 Å². The molecule has 0 heterocycles. The second kappa shape index (κ2) is 6.35. The van der Waals surface area contributed by atoms with Crippen molar-refractivity contribution in [1.29, 1.82) is 0 Å². The number of carboxylic acid groups (broad SMARTS) is 1. The number of ether oxygens (including phenoxy) is 1. The summed E-state index contributed by atoms with van der Waals surface area (Å²) in [6.07, 6.45) is 0.940. The molecule has 0 amide bonds. The monoisotopic (exact) mass is 226 g/mol. The third-order valence-corrected chi connectivity index (χ3v) is 2.96. The van der Waals surface area contributed by atoms with Crippen LogP contribution in [0.3, 0.4) is 0 Å². The van der Waals surface area contributed by atoms with Crippen molar-refractivity contribution in [1.82, 2.24) is 0 Å². The summed E-state index contributed by atoms with van der Waals surface area (Å²) in [5.41, 5.74) is 0. The van der Waals surface area contributed by atoms with Gasteiger partial charge in [-0.1, -0.05) is 0 Å². The molecule has 0 atom stereocenters. The predicted octanol–water partition coefficient (Wildman–Crippen LogP) is 2.65. The smallest absolute Gasteiger partial charge is 0.303 e. The second-order valence-corrected chi connectivity index (χ2v) is 4.19. The van der Waals surface area contributed by atoms with Crippen LogP contribution in [0.2, 0.25) is 0 Å². The van der Waals surface area contributed by atoms with Gasteiger partial charge in [0, 0.05) is 11.3 Å². The summed E-state index contributed by atoms with van der Waals surface area (Å²) < 4.78 is 5.04. The van der Waals surface area contributed by atoms with Crippen LogP contribution in [0.5, 0.6) is 5.75 Å². The van der Waals surface area contributed by atoms with Crippen LogP contribution in [0.15, 0.2) is 29.2 Å². The van der Waals surface area contributed by atoms with E-state index in [0.717, 1.165) is 16.4 Å². The Morgan fingerprint density at radius 3 is 2.60 bits per heavy atom. The molecule has 0 saturated carbocycles. The van der Waals surface area contributed by atoms with Crippen LogP contribution in [0.25, 0.3) is 0 Å². The minimum Gasteiger partial charge on any atom is -0.497 e. The molecule has 0 radical (unpaired) electrons. The number of benzene rings is 1. The molecule has 0 saturated heterocycles. The van der Waals surface area contributed by atoms with Crippen molar-refractivity contribution in [3.8, 4) is 5.75 Å². The number of carboxylic acids is 1. The lowest BCUT2D eigenvalue weighted by Crippen LogP contribution is -1.94. The Kier molecular flexibility index (Phi) is 5.04. The van der Waals surface area contributed by atoms with Gasteiger partial charge in [-0.15, -0.1) is 11.8 Å². The van der Waals surface area contributed by atoms with Crippen molar-refractivity contribution < 1.29 is 14.6 Å². The van der Waals surface area contributed by atoms with Gasteiger partial charge in [0.2, 0.25) is 0 Å². The van der Waals surface area contributed by atoms with E-state index in [-0.39, 0.29) is 6.42 Å². The van der Waals surface area contributed by atoms with Crippen molar-refractivity contribution in [3.05, 3.63) is 24.3 Å². The highest BCUT2D eigenvalue weighted by Gasteiger charge is 1.98. The van der Waals surface area contributed by atoms with E-state index in [2.05, 4.69) is 0 Å². The standard InChI is InChI=1S/C11H14O3S/c1-14-9-4-6-10(7-5-9)15-8-2-3-11(12)13/h4-7H,2-3,8H2,1H3,(H,12,13). The average Bonchev–Trinajstić information content (AvgIpc) is 2.25. The van der Waals surface area contributed by atoms with E-state index in [1.165, 1.54) is 0 Å². The molecule has 1 N–H and O–H groups in total. The van der Waals surface area contributed by atoms with Crippen molar-refractivity contribution in [2.24, 2.45) is 0 Å². The molecule has 82 valence electrons. The molecular formula is C11H14O3S. The van der Waals surface area contributed by atoms with Crippen LogP contribution in [-0.4, -0.2) is 23.9 Å². The molecule has 0 bridgehead atoms. The van der Waals surface area contributed by atoms with Crippen LogP contribution < -0.4 is 4.74 Å². The van der Waals surface area contributed by atoms with E-state index in [4.69, 9.17) is 9.84 Å². The van der Waals surface area contributed by atoms with E-state index in [1.807, 2.05) is 24.3 Å². The van der Waals surface area contributed by atoms with E-state index < -0.39 is 5.97 Å². The quantitative estimate of drug-likeness (QED) is 0.598. The summed E-state index contributed by atoms with van der Waals surface area (Å²) >= 11 is 1.66. The van der Waals surface area contributed by atoms with Crippen molar-refractivity contribution >= 4 is 17.7 Å². The Labute approximate surface area is 93.4 Å². The lowest BCUT2D eigenvalue weighted by Gasteiger charge is -2.02. The van der Waals surface area contributed by atoms with Gasteiger partial charge >= 0.3 is 5.97 Å². The molecule has 0 aliphatic carbocycles. The second-order valence-electron chi connectivity index (χ2n) is 3.02. The molecule has 4 heteroatoms. The molecule has 0 spiro atoms. The van der Waals surface area contributed by atoms with Gasteiger partial charge in [-0.2, -0.15) is 0 Å². The molecule has 0 aromatic heterocycles. The highest BCUT2D eigenvalue weighted by atomic mass is 32.2. The maximum atomic E-state index is 10.3. The van der Waals surface area contributed by atoms with Gasteiger partial charge in [-0.25, -0.2) is 0 Å². The molecule has 0 unspecified atom stereocenters. The lowest BCUT2D eigenvalue weighted by atomic mass is 10.3. The first kappa shape index (κ1) is 11.9. The van der Waals surface area contributed by atoms with E-state index >= 15 is 0 Å². The highest BCUT2D eigenvalue weighted by molar-refractivity contribution is 7.99. The minimum atomic E-state index is -0.731. The van der Waals surface area contributed by atoms with Crippen LogP contribution >= 0.6 is 11.8 Å². The number of thioether (sulfide) groups is 1. The fourth-order valence-corrected chi connectivity index (χ4v) is 1.94. The number of rotatable bonds is 6. The van der Waals surface area contributed by atoms with Crippen molar-refractivity contribution in [3.63, 3.8) is 0 Å². The molecule has 3 nitrogen and oxygen atoms in total. The summed E-state index contributed by atoms with van der Waals surface area (Å²) in [5.74, 6) is 0.939. The Balaban J connectivity index is 2.28. The molecular weight excluding hydrogens is 212 g/mol. The maximum Gasteiger partial charge on any atom is 0.303 e. The zero-order valence-electron chi connectivity index (χ0n) is 8.60. The fraction of sp³-hybridized carbons (Fsp3) is 0.364. The Morgan fingerprint density at radius 2 is 2.07 bits per heavy atom. The van der Waals surface area contributed by atoms with Gasteiger partial charge in [0.05, 0.1) is 7.11 Å².